The maximum absolute atomic E-state index is 5.96. The Labute approximate surface area is 116 Å². The summed E-state index contributed by atoms with van der Waals surface area (Å²) in [4.78, 5) is 4.90. The fourth-order valence-corrected chi connectivity index (χ4v) is 2.57. The quantitative estimate of drug-likeness (QED) is 0.880. The van der Waals surface area contributed by atoms with Gasteiger partial charge in [-0.3, -0.25) is 4.90 Å². The predicted molar refractivity (Wildman–Crippen MR) is 78.2 cm³/mol. The van der Waals surface area contributed by atoms with Gasteiger partial charge in [0.15, 0.2) is 0 Å². The third kappa shape index (κ3) is 3.81. The molecule has 1 aliphatic rings. The molecule has 0 bridgehead atoms. The first-order valence-corrected chi connectivity index (χ1v) is 7.31. The average molecular weight is 265 g/mol. The number of rotatable bonds is 5. The molecule has 1 aromatic rings. The van der Waals surface area contributed by atoms with Crippen molar-refractivity contribution in [1.29, 1.82) is 0 Å². The predicted octanol–water partition coefficient (Wildman–Crippen LogP) is 1.83. The van der Waals surface area contributed by atoms with Gasteiger partial charge in [0, 0.05) is 25.7 Å². The van der Waals surface area contributed by atoms with Crippen molar-refractivity contribution < 1.29 is 4.42 Å². The molecule has 4 heteroatoms. The Kier molecular flexibility index (Phi) is 5.02. The van der Waals surface area contributed by atoms with Crippen molar-refractivity contribution in [3.63, 3.8) is 0 Å². The summed E-state index contributed by atoms with van der Waals surface area (Å²) in [6.45, 7) is 12.7. The first-order chi connectivity index (χ1) is 9.10. The topological polar surface area (TPSA) is 31.7 Å². The van der Waals surface area contributed by atoms with Gasteiger partial charge in [0.1, 0.15) is 11.5 Å². The van der Waals surface area contributed by atoms with Gasteiger partial charge in [-0.25, -0.2) is 0 Å². The van der Waals surface area contributed by atoms with Crippen molar-refractivity contribution in [3.05, 3.63) is 23.2 Å². The Morgan fingerprint density at radius 2 is 2.21 bits per heavy atom. The molecule has 0 radical (unpaired) electrons. The Bertz CT molecular complexity index is 402. The number of hydrogen-bond donors (Lipinski definition) is 1. The zero-order chi connectivity index (χ0) is 13.8. The molecule has 1 atom stereocenters. The highest BCUT2D eigenvalue weighted by Gasteiger charge is 2.21. The molecule has 108 valence electrons. The van der Waals surface area contributed by atoms with E-state index in [4.69, 9.17) is 4.42 Å². The second-order valence-corrected chi connectivity index (χ2v) is 5.66. The maximum atomic E-state index is 5.96. The summed E-state index contributed by atoms with van der Waals surface area (Å²) in [6.07, 6.45) is 0. The highest BCUT2D eigenvalue weighted by Crippen LogP contribution is 2.18. The van der Waals surface area contributed by atoms with Crippen LogP contribution in [0.2, 0.25) is 0 Å². The van der Waals surface area contributed by atoms with E-state index in [9.17, 15) is 0 Å². The Morgan fingerprint density at radius 3 is 2.89 bits per heavy atom. The van der Waals surface area contributed by atoms with Gasteiger partial charge in [-0.1, -0.05) is 6.92 Å². The highest BCUT2D eigenvalue weighted by atomic mass is 16.3. The summed E-state index contributed by atoms with van der Waals surface area (Å²) in [5.74, 6) is 2.18. The second-order valence-electron chi connectivity index (χ2n) is 5.66. The molecule has 2 rings (SSSR count). The third-order valence-electron chi connectivity index (χ3n) is 4.03. The van der Waals surface area contributed by atoms with Gasteiger partial charge >= 0.3 is 0 Å². The van der Waals surface area contributed by atoms with Crippen molar-refractivity contribution in [3.8, 4) is 0 Å². The molecule has 1 N–H and O–H groups in total. The summed E-state index contributed by atoms with van der Waals surface area (Å²) in [5, 5.41) is 3.32. The van der Waals surface area contributed by atoms with Crippen LogP contribution < -0.4 is 5.32 Å². The van der Waals surface area contributed by atoms with Crippen molar-refractivity contribution in [2.45, 2.75) is 39.9 Å². The zero-order valence-corrected chi connectivity index (χ0v) is 12.7. The molecule has 19 heavy (non-hydrogen) atoms. The van der Waals surface area contributed by atoms with Crippen molar-refractivity contribution >= 4 is 0 Å². The first-order valence-electron chi connectivity index (χ1n) is 7.31. The Balaban J connectivity index is 1.92. The third-order valence-corrected chi connectivity index (χ3v) is 4.03. The van der Waals surface area contributed by atoms with Crippen LogP contribution in [0, 0.1) is 6.92 Å². The Morgan fingerprint density at radius 1 is 1.42 bits per heavy atom. The molecule has 0 amide bonds. The molecular formula is C15H27N3O. The van der Waals surface area contributed by atoms with Gasteiger partial charge in [-0.15, -0.1) is 0 Å². The van der Waals surface area contributed by atoms with E-state index in [2.05, 4.69) is 49.0 Å². The number of furan rings is 1. The Hall–Kier alpha value is -0.840. The summed E-state index contributed by atoms with van der Waals surface area (Å²) in [7, 11) is 2.20. The number of aryl methyl sites for hydroxylation is 1. The number of nitrogens with one attached hydrogen (secondary N) is 1. The SMILES string of the molecule is CCNCc1oc(CN2CCN(C)C(C)C2)cc1C. The van der Waals surface area contributed by atoms with E-state index in [1.807, 2.05) is 0 Å². The van der Waals surface area contributed by atoms with Gasteiger partial charge in [0.2, 0.25) is 0 Å². The van der Waals surface area contributed by atoms with Gasteiger partial charge in [0.25, 0.3) is 0 Å². The molecule has 0 saturated carbocycles. The van der Waals surface area contributed by atoms with Crippen molar-refractivity contribution in [2.24, 2.45) is 0 Å². The lowest BCUT2D eigenvalue weighted by atomic mass is 10.2. The standard InChI is InChI=1S/C15H27N3O/c1-5-16-9-15-12(2)8-14(19-15)11-18-7-6-17(4)13(3)10-18/h8,13,16H,5-7,9-11H2,1-4H3. The van der Waals surface area contributed by atoms with E-state index < -0.39 is 0 Å². The van der Waals surface area contributed by atoms with Crippen molar-refractivity contribution in [1.82, 2.24) is 15.1 Å². The molecule has 0 aromatic carbocycles. The molecule has 1 unspecified atom stereocenters. The molecule has 4 nitrogen and oxygen atoms in total. The molecule has 0 aliphatic carbocycles. The lowest BCUT2D eigenvalue weighted by Gasteiger charge is -2.37. The van der Waals surface area contributed by atoms with E-state index in [1.165, 1.54) is 5.56 Å². The van der Waals surface area contributed by atoms with Crippen LogP contribution in [0.5, 0.6) is 0 Å². The highest BCUT2D eigenvalue weighted by molar-refractivity contribution is 5.20. The van der Waals surface area contributed by atoms with Crippen LogP contribution >= 0.6 is 0 Å². The number of likely N-dealkylation sites (N-methyl/N-ethyl adjacent to an activating group) is 1. The molecule has 1 aromatic heterocycles. The minimum Gasteiger partial charge on any atom is -0.463 e. The number of piperazine rings is 1. The van der Waals surface area contributed by atoms with E-state index >= 15 is 0 Å². The zero-order valence-electron chi connectivity index (χ0n) is 12.7. The second kappa shape index (κ2) is 6.55. The molecule has 1 saturated heterocycles. The summed E-state index contributed by atoms with van der Waals surface area (Å²) in [5.41, 5.74) is 1.26. The van der Waals surface area contributed by atoms with Gasteiger partial charge in [0.05, 0.1) is 13.1 Å². The lowest BCUT2D eigenvalue weighted by molar-refractivity contribution is 0.0943. The van der Waals surface area contributed by atoms with Crippen molar-refractivity contribution in [2.75, 3.05) is 33.2 Å². The van der Waals surface area contributed by atoms with Gasteiger partial charge in [-0.2, -0.15) is 0 Å². The van der Waals surface area contributed by atoms with Crippen LogP contribution in [0.15, 0.2) is 10.5 Å². The van der Waals surface area contributed by atoms with E-state index in [-0.39, 0.29) is 0 Å². The normalized spacial score (nSPS) is 22.0. The molecule has 1 fully saturated rings. The average Bonchev–Trinajstić information content (AvgIpc) is 2.72. The summed E-state index contributed by atoms with van der Waals surface area (Å²) < 4.78 is 5.96. The molecule has 1 aliphatic heterocycles. The van der Waals surface area contributed by atoms with E-state index in [0.717, 1.165) is 50.8 Å². The van der Waals surface area contributed by atoms with Crippen LogP contribution in [0.3, 0.4) is 0 Å². The van der Waals surface area contributed by atoms with E-state index in [0.29, 0.717) is 6.04 Å². The smallest absolute Gasteiger partial charge is 0.120 e. The van der Waals surface area contributed by atoms with Crippen LogP contribution in [-0.2, 0) is 13.1 Å². The summed E-state index contributed by atoms with van der Waals surface area (Å²) >= 11 is 0. The number of nitrogens with zero attached hydrogens (tertiary/aromatic N) is 2. The molecular weight excluding hydrogens is 238 g/mol. The largest absolute Gasteiger partial charge is 0.463 e. The van der Waals surface area contributed by atoms with Gasteiger partial charge < -0.3 is 14.6 Å². The molecule has 0 spiro atoms. The fourth-order valence-electron chi connectivity index (χ4n) is 2.57. The summed E-state index contributed by atoms with van der Waals surface area (Å²) in [6, 6.07) is 2.82. The van der Waals surface area contributed by atoms with Crippen LogP contribution in [0.4, 0.5) is 0 Å². The van der Waals surface area contributed by atoms with E-state index in [1.54, 1.807) is 0 Å². The van der Waals surface area contributed by atoms with Crippen LogP contribution in [0.25, 0.3) is 0 Å². The van der Waals surface area contributed by atoms with Crippen LogP contribution in [-0.4, -0.2) is 49.1 Å². The monoisotopic (exact) mass is 265 g/mol. The fraction of sp³-hybridized carbons (Fsp3) is 0.733. The maximum Gasteiger partial charge on any atom is 0.120 e. The first kappa shape index (κ1) is 14.6. The number of hydrogen-bond acceptors (Lipinski definition) is 4. The minimum atomic E-state index is 0.631. The van der Waals surface area contributed by atoms with Crippen LogP contribution in [0.1, 0.15) is 30.9 Å². The van der Waals surface area contributed by atoms with Gasteiger partial charge in [-0.05, 0) is 39.1 Å². The molecule has 2 heterocycles. The lowest BCUT2D eigenvalue weighted by Crippen LogP contribution is -2.49. The minimum absolute atomic E-state index is 0.631.